The summed E-state index contributed by atoms with van der Waals surface area (Å²) in [4.78, 5) is 10.8. The summed E-state index contributed by atoms with van der Waals surface area (Å²) in [5.74, 6) is -0.00134. The normalized spacial score (nSPS) is 21.9. The van der Waals surface area contributed by atoms with Gasteiger partial charge in [0.15, 0.2) is 0 Å². The van der Waals surface area contributed by atoms with Crippen molar-refractivity contribution in [2.24, 2.45) is 0 Å². The Hall–Kier alpha value is -0.530. The van der Waals surface area contributed by atoms with Crippen LogP contribution in [0.3, 0.4) is 0 Å². The molecule has 1 aliphatic heterocycles. The molecule has 2 heteroatoms. The van der Waals surface area contributed by atoms with Crippen LogP contribution in [0.4, 0.5) is 0 Å². The highest BCUT2D eigenvalue weighted by Crippen LogP contribution is 2.19. The van der Waals surface area contributed by atoms with Crippen LogP contribution in [-0.2, 0) is 9.53 Å². The Kier molecular flexibility index (Phi) is 4.87. The molecule has 0 N–H and O–H groups in total. The summed E-state index contributed by atoms with van der Waals surface area (Å²) in [6, 6.07) is 0. The minimum absolute atomic E-state index is 0.00134. The van der Waals surface area contributed by atoms with E-state index in [-0.39, 0.29) is 12.1 Å². The molecule has 0 radical (unpaired) electrons. The van der Waals surface area contributed by atoms with E-state index in [4.69, 9.17) is 4.74 Å². The number of cyclic esters (lactones) is 1. The van der Waals surface area contributed by atoms with Crippen molar-refractivity contribution in [3.8, 4) is 0 Å². The minimum Gasteiger partial charge on any atom is -0.462 e. The molecule has 1 heterocycles. The minimum atomic E-state index is -0.00134. The Labute approximate surface area is 80.7 Å². The van der Waals surface area contributed by atoms with Crippen LogP contribution >= 0.6 is 0 Å². The SMILES string of the molecule is CCCCCCC[C@H]1CCC(=O)[18O]1. The predicted molar refractivity (Wildman–Crippen MR) is 52.5 cm³/mol. The summed E-state index contributed by atoms with van der Waals surface area (Å²) in [7, 11) is 0. The van der Waals surface area contributed by atoms with Crippen LogP contribution < -0.4 is 0 Å². The molecule has 0 aromatic heterocycles. The van der Waals surface area contributed by atoms with E-state index in [1.54, 1.807) is 0 Å². The molecule has 0 aromatic rings. The average Bonchev–Trinajstić information content (AvgIpc) is 2.51. The number of carbonyl (C=O) groups excluding carboxylic acids is 1. The van der Waals surface area contributed by atoms with Crippen molar-refractivity contribution in [3.05, 3.63) is 0 Å². The third kappa shape index (κ3) is 4.30. The van der Waals surface area contributed by atoms with Crippen molar-refractivity contribution < 1.29 is 9.53 Å². The molecule has 0 spiro atoms. The molecule has 1 aliphatic rings. The first-order valence-corrected chi connectivity index (χ1v) is 5.52. The van der Waals surface area contributed by atoms with Gasteiger partial charge >= 0.3 is 5.97 Å². The number of hydrogen-bond acceptors (Lipinski definition) is 2. The topological polar surface area (TPSA) is 26.3 Å². The number of esters is 1. The highest BCUT2D eigenvalue weighted by Gasteiger charge is 2.22. The van der Waals surface area contributed by atoms with Gasteiger partial charge in [0.1, 0.15) is 6.10 Å². The van der Waals surface area contributed by atoms with Gasteiger partial charge in [-0.05, 0) is 19.3 Å². The zero-order valence-electron chi connectivity index (χ0n) is 8.55. The van der Waals surface area contributed by atoms with Crippen LogP contribution in [0.15, 0.2) is 0 Å². The lowest BCUT2D eigenvalue weighted by Crippen LogP contribution is -2.06. The number of rotatable bonds is 6. The lowest BCUT2D eigenvalue weighted by atomic mass is 10.1. The van der Waals surface area contributed by atoms with Gasteiger partial charge in [-0.25, -0.2) is 0 Å². The van der Waals surface area contributed by atoms with E-state index in [2.05, 4.69) is 6.92 Å². The van der Waals surface area contributed by atoms with Gasteiger partial charge in [-0.3, -0.25) is 4.79 Å². The van der Waals surface area contributed by atoms with Crippen LogP contribution in [0.1, 0.15) is 58.3 Å². The van der Waals surface area contributed by atoms with Crippen LogP contribution in [-0.4, -0.2) is 12.1 Å². The maximum Gasteiger partial charge on any atom is 0.306 e. The molecule has 0 saturated carbocycles. The van der Waals surface area contributed by atoms with Crippen LogP contribution in [0.5, 0.6) is 0 Å². The fourth-order valence-corrected chi connectivity index (χ4v) is 1.76. The van der Waals surface area contributed by atoms with Crippen molar-refractivity contribution in [1.29, 1.82) is 0 Å². The summed E-state index contributed by atoms with van der Waals surface area (Å²) in [6.45, 7) is 2.22. The van der Waals surface area contributed by atoms with Gasteiger partial charge in [0, 0.05) is 6.42 Å². The standard InChI is InChI=1S/C11H20O2/c1-2-3-4-5-6-7-10-8-9-11(12)13-10/h10H,2-9H2,1H3/t10-/m0/s1/i13+2. The number of carbonyl (C=O) groups is 1. The summed E-state index contributed by atoms with van der Waals surface area (Å²) in [5, 5.41) is 0. The third-order valence-electron chi connectivity index (χ3n) is 2.60. The molecule has 1 saturated heterocycles. The van der Waals surface area contributed by atoms with Gasteiger partial charge < -0.3 is 4.74 Å². The number of hydrogen-bond donors (Lipinski definition) is 0. The molecule has 1 atom stereocenters. The van der Waals surface area contributed by atoms with Crippen LogP contribution in [0.25, 0.3) is 0 Å². The second-order valence-electron chi connectivity index (χ2n) is 3.85. The van der Waals surface area contributed by atoms with E-state index < -0.39 is 0 Å². The molecule has 1 fully saturated rings. The average molecular weight is 186 g/mol. The first kappa shape index (κ1) is 10.6. The van der Waals surface area contributed by atoms with Crippen molar-refractivity contribution >= 4 is 5.97 Å². The fraction of sp³-hybridized carbons (Fsp3) is 0.909. The zero-order valence-corrected chi connectivity index (χ0v) is 8.55. The predicted octanol–water partition coefficient (Wildman–Crippen LogP) is 3.05. The van der Waals surface area contributed by atoms with Gasteiger partial charge in [0.25, 0.3) is 0 Å². The molecule has 0 aliphatic carbocycles. The Morgan fingerprint density at radius 2 is 2.08 bits per heavy atom. The van der Waals surface area contributed by atoms with Crippen molar-refractivity contribution in [2.75, 3.05) is 0 Å². The summed E-state index contributed by atoms with van der Waals surface area (Å²) < 4.78 is 5.13. The Morgan fingerprint density at radius 3 is 2.69 bits per heavy atom. The van der Waals surface area contributed by atoms with E-state index in [0.717, 1.165) is 12.8 Å². The first-order valence-electron chi connectivity index (χ1n) is 5.52. The lowest BCUT2D eigenvalue weighted by Gasteiger charge is -2.07. The van der Waals surface area contributed by atoms with Gasteiger partial charge in [-0.15, -0.1) is 0 Å². The maximum absolute atomic E-state index is 10.8. The van der Waals surface area contributed by atoms with E-state index in [9.17, 15) is 4.79 Å². The summed E-state index contributed by atoms with van der Waals surface area (Å²) in [5.41, 5.74) is 0. The van der Waals surface area contributed by atoms with Crippen LogP contribution in [0, 0.1) is 0 Å². The number of unbranched alkanes of at least 4 members (excludes halogenated alkanes) is 4. The molecular weight excluding hydrogens is 166 g/mol. The van der Waals surface area contributed by atoms with Gasteiger partial charge in [-0.1, -0.05) is 32.6 Å². The molecule has 0 amide bonds. The smallest absolute Gasteiger partial charge is 0.306 e. The van der Waals surface area contributed by atoms with Crippen molar-refractivity contribution in [2.45, 2.75) is 64.4 Å². The zero-order chi connectivity index (χ0) is 9.52. The number of ether oxygens (including phenoxy) is 1. The Bertz CT molecular complexity index is 154. The first-order chi connectivity index (χ1) is 6.33. The largest absolute Gasteiger partial charge is 0.462 e. The van der Waals surface area contributed by atoms with E-state index >= 15 is 0 Å². The third-order valence-corrected chi connectivity index (χ3v) is 2.60. The van der Waals surface area contributed by atoms with Crippen molar-refractivity contribution in [1.82, 2.24) is 0 Å². The second-order valence-corrected chi connectivity index (χ2v) is 3.85. The van der Waals surface area contributed by atoms with Gasteiger partial charge in [-0.2, -0.15) is 0 Å². The van der Waals surface area contributed by atoms with Crippen LogP contribution in [0.2, 0.25) is 0 Å². The second kappa shape index (κ2) is 6.01. The lowest BCUT2D eigenvalue weighted by molar-refractivity contribution is -0.141. The maximum atomic E-state index is 10.8. The molecule has 0 bridgehead atoms. The highest BCUT2D eigenvalue weighted by atomic mass is 18.3. The molecule has 0 unspecified atom stereocenters. The molecule has 76 valence electrons. The summed E-state index contributed by atoms with van der Waals surface area (Å²) in [6.07, 6.45) is 9.39. The van der Waals surface area contributed by atoms with E-state index in [1.165, 1.54) is 32.1 Å². The molecule has 2 nitrogen and oxygen atoms in total. The molecule has 1 rings (SSSR count). The Morgan fingerprint density at radius 1 is 1.31 bits per heavy atom. The highest BCUT2D eigenvalue weighted by molar-refractivity contribution is 5.71. The Balaban J connectivity index is 1.91. The molecule has 0 aromatic carbocycles. The quantitative estimate of drug-likeness (QED) is 0.362. The molecular formula is C11H20O2. The van der Waals surface area contributed by atoms with Gasteiger partial charge in [0.2, 0.25) is 0 Å². The summed E-state index contributed by atoms with van der Waals surface area (Å²) >= 11 is 0. The van der Waals surface area contributed by atoms with Crippen molar-refractivity contribution in [3.63, 3.8) is 0 Å². The van der Waals surface area contributed by atoms with E-state index in [1.807, 2.05) is 0 Å². The fourth-order valence-electron chi connectivity index (χ4n) is 1.76. The van der Waals surface area contributed by atoms with E-state index in [0.29, 0.717) is 6.42 Å². The van der Waals surface area contributed by atoms with Gasteiger partial charge in [0.05, 0.1) is 0 Å². The molecule has 13 heavy (non-hydrogen) atoms. The monoisotopic (exact) mass is 186 g/mol.